The molecular weight excluding hydrogens is 291 g/mol. The van der Waals surface area contributed by atoms with Crippen molar-refractivity contribution in [3.63, 3.8) is 0 Å². The molecule has 0 saturated heterocycles. The number of carboxylic acid groups (broad SMARTS) is 1. The normalized spacial score (nSPS) is 18.9. The lowest BCUT2D eigenvalue weighted by Gasteiger charge is -2.18. The van der Waals surface area contributed by atoms with Crippen molar-refractivity contribution in [2.24, 2.45) is 5.92 Å². The molecule has 0 aliphatic heterocycles. The minimum Gasteiger partial charge on any atom is -0.481 e. The van der Waals surface area contributed by atoms with Crippen molar-refractivity contribution in [3.8, 4) is 0 Å². The lowest BCUT2D eigenvalue weighted by Crippen LogP contribution is -2.20. The molecule has 0 bridgehead atoms. The van der Waals surface area contributed by atoms with E-state index in [-0.39, 0.29) is 5.92 Å². The van der Waals surface area contributed by atoms with Crippen LogP contribution in [0.1, 0.15) is 16.9 Å². The van der Waals surface area contributed by atoms with Crippen molar-refractivity contribution in [2.45, 2.75) is 19.3 Å². The molecule has 1 atom stereocenters. The van der Waals surface area contributed by atoms with E-state index < -0.39 is 5.97 Å². The van der Waals surface area contributed by atoms with Gasteiger partial charge in [-0.25, -0.2) is 0 Å². The Morgan fingerprint density at radius 1 is 1.39 bits per heavy atom. The van der Waals surface area contributed by atoms with E-state index in [9.17, 15) is 4.79 Å². The van der Waals surface area contributed by atoms with Gasteiger partial charge in [0.2, 0.25) is 0 Å². The number of fused-ring (bicyclic) bond motifs is 3. The Morgan fingerprint density at radius 2 is 2.17 bits per heavy atom. The molecule has 3 rings (SSSR count). The number of benzene rings is 1. The van der Waals surface area contributed by atoms with Crippen molar-refractivity contribution in [2.75, 3.05) is 0 Å². The minimum atomic E-state index is -0.706. The maximum absolute atomic E-state index is 11.1. The van der Waals surface area contributed by atoms with Gasteiger partial charge in [-0.1, -0.05) is 23.2 Å². The lowest BCUT2D eigenvalue weighted by molar-refractivity contribution is -0.142. The van der Waals surface area contributed by atoms with Crippen molar-refractivity contribution < 1.29 is 9.90 Å². The number of thiophene rings is 1. The fraction of sp³-hybridized carbons (Fsp3) is 0.308. The van der Waals surface area contributed by atoms with Crippen LogP contribution >= 0.6 is 34.5 Å². The van der Waals surface area contributed by atoms with Gasteiger partial charge in [0.25, 0.3) is 0 Å². The summed E-state index contributed by atoms with van der Waals surface area (Å²) in [5, 5.41) is 11.5. The number of halogens is 2. The molecule has 1 N–H and O–H groups in total. The van der Waals surface area contributed by atoms with Gasteiger partial charge in [-0.2, -0.15) is 0 Å². The second-order valence-electron chi connectivity index (χ2n) is 4.54. The van der Waals surface area contributed by atoms with Crippen molar-refractivity contribution in [3.05, 3.63) is 32.6 Å². The van der Waals surface area contributed by atoms with Crippen LogP contribution in [0.3, 0.4) is 0 Å². The highest BCUT2D eigenvalue weighted by molar-refractivity contribution is 7.19. The summed E-state index contributed by atoms with van der Waals surface area (Å²) in [4.78, 5) is 12.2. The summed E-state index contributed by atoms with van der Waals surface area (Å²) in [6.45, 7) is 0. The van der Waals surface area contributed by atoms with Crippen LogP contribution in [0.4, 0.5) is 0 Å². The molecule has 1 aromatic carbocycles. The first kappa shape index (κ1) is 12.3. The molecule has 1 heterocycles. The van der Waals surface area contributed by atoms with Crippen LogP contribution in [0.25, 0.3) is 10.1 Å². The minimum absolute atomic E-state index is 0.264. The van der Waals surface area contributed by atoms with Crippen molar-refractivity contribution in [1.82, 2.24) is 0 Å². The summed E-state index contributed by atoms with van der Waals surface area (Å²) < 4.78 is 1.06. The topological polar surface area (TPSA) is 37.3 Å². The Labute approximate surface area is 118 Å². The van der Waals surface area contributed by atoms with E-state index in [1.54, 1.807) is 17.4 Å². The van der Waals surface area contributed by atoms with Gasteiger partial charge in [0.15, 0.2) is 0 Å². The molecule has 0 spiro atoms. The van der Waals surface area contributed by atoms with Crippen molar-refractivity contribution >= 4 is 50.6 Å². The maximum Gasteiger partial charge on any atom is 0.306 e. The third-order valence-corrected chi connectivity index (χ3v) is 5.13. The molecule has 1 unspecified atom stereocenters. The van der Waals surface area contributed by atoms with Crippen molar-refractivity contribution in [1.29, 1.82) is 0 Å². The zero-order valence-electron chi connectivity index (χ0n) is 9.37. The van der Waals surface area contributed by atoms with Gasteiger partial charge < -0.3 is 5.11 Å². The maximum atomic E-state index is 11.1. The molecule has 2 nitrogen and oxygen atoms in total. The predicted octanol–water partition coefficient (Wildman–Crippen LogP) is 4.40. The fourth-order valence-corrected chi connectivity index (χ4v) is 4.67. The van der Waals surface area contributed by atoms with E-state index in [4.69, 9.17) is 28.3 Å². The third kappa shape index (κ3) is 1.91. The molecule has 5 heteroatoms. The van der Waals surface area contributed by atoms with E-state index in [2.05, 4.69) is 0 Å². The summed E-state index contributed by atoms with van der Waals surface area (Å²) in [6, 6.07) is 3.66. The summed E-state index contributed by atoms with van der Waals surface area (Å²) in [6.07, 6.45) is 2.08. The fourth-order valence-electron chi connectivity index (χ4n) is 2.54. The number of hydrogen-bond acceptors (Lipinski definition) is 2. The van der Waals surface area contributed by atoms with Crippen LogP contribution in [0.5, 0.6) is 0 Å². The molecule has 18 heavy (non-hydrogen) atoms. The molecule has 0 amide bonds. The number of hydrogen-bond donors (Lipinski definition) is 1. The number of aliphatic carboxylic acids is 1. The van der Waals surface area contributed by atoms with Crippen LogP contribution < -0.4 is 0 Å². The molecule has 1 aliphatic carbocycles. The van der Waals surface area contributed by atoms with Gasteiger partial charge in [0.05, 0.1) is 10.9 Å². The number of rotatable bonds is 1. The summed E-state index contributed by atoms with van der Waals surface area (Å²) in [7, 11) is 0. The molecule has 94 valence electrons. The smallest absolute Gasteiger partial charge is 0.306 e. The zero-order valence-corrected chi connectivity index (χ0v) is 11.7. The molecular formula is C13H10Cl2O2S. The highest BCUT2D eigenvalue weighted by Crippen LogP contribution is 2.42. The van der Waals surface area contributed by atoms with E-state index in [1.165, 1.54) is 5.56 Å². The monoisotopic (exact) mass is 300 g/mol. The Hall–Kier alpha value is -0.770. The second kappa shape index (κ2) is 4.41. The first-order chi connectivity index (χ1) is 8.56. The summed E-state index contributed by atoms with van der Waals surface area (Å²) in [5.74, 6) is -0.970. The van der Waals surface area contributed by atoms with Gasteiger partial charge >= 0.3 is 5.97 Å². The zero-order chi connectivity index (χ0) is 12.9. The van der Waals surface area contributed by atoms with Crippen LogP contribution in [-0.2, 0) is 17.6 Å². The Morgan fingerprint density at radius 3 is 2.89 bits per heavy atom. The quantitative estimate of drug-likeness (QED) is 0.847. The molecule has 0 fully saturated rings. The van der Waals surface area contributed by atoms with Gasteiger partial charge in [0.1, 0.15) is 0 Å². The number of aryl methyl sites for hydroxylation is 1. The number of carbonyl (C=O) groups is 1. The summed E-state index contributed by atoms with van der Waals surface area (Å²) in [5.41, 5.74) is 1.22. The van der Waals surface area contributed by atoms with Gasteiger partial charge in [-0.05, 0) is 37.0 Å². The lowest BCUT2D eigenvalue weighted by atomic mass is 9.88. The van der Waals surface area contributed by atoms with Crippen LogP contribution in [-0.4, -0.2) is 11.1 Å². The molecule has 1 aliphatic rings. The highest BCUT2D eigenvalue weighted by atomic mass is 35.5. The molecule has 0 saturated carbocycles. The van der Waals surface area contributed by atoms with Gasteiger partial charge in [-0.3, -0.25) is 4.79 Å². The van der Waals surface area contributed by atoms with E-state index in [0.29, 0.717) is 22.9 Å². The molecule has 1 aromatic heterocycles. The van der Waals surface area contributed by atoms with Crippen LogP contribution in [0, 0.1) is 5.92 Å². The van der Waals surface area contributed by atoms with Crippen LogP contribution in [0.15, 0.2) is 12.1 Å². The Kier molecular flexibility index (Phi) is 3.00. The molecule has 0 radical (unpaired) electrons. The SMILES string of the molecule is O=C(O)C1CCc2c(sc3cc(Cl)cc(Cl)c23)C1. The first-order valence-corrected chi connectivity index (χ1v) is 7.25. The predicted molar refractivity (Wildman–Crippen MR) is 75.0 cm³/mol. The highest BCUT2D eigenvalue weighted by Gasteiger charge is 2.27. The summed E-state index contributed by atoms with van der Waals surface area (Å²) >= 11 is 13.9. The number of carboxylic acids is 1. The van der Waals surface area contributed by atoms with Gasteiger partial charge in [0, 0.05) is 20.0 Å². The van der Waals surface area contributed by atoms with E-state index >= 15 is 0 Å². The Bertz CT molecular complexity index is 648. The van der Waals surface area contributed by atoms with Gasteiger partial charge in [-0.15, -0.1) is 11.3 Å². The largest absolute Gasteiger partial charge is 0.481 e. The standard InChI is InChI=1S/C13H10Cl2O2S/c14-7-4-9(15)12-8-2-1-6(13(16)17)3-10(8)18-11(12)5-7/h4-6H,1-3H2,(H,16,17). The first-order valence-electron chi connectivity index (χ1n) is 5.68. The third-order valence-electron chi connectivity index (χ3n) is 3.41. The van der Waals surface area contributed by atoms with E-state index in [1.807, 2.05) is 6.07 Å². The second-order valence-corrected chi connectivity index (χ2v) is 6.52. The molecule has 2 aromatic rings. The van der Waals surface area contributed by atoms with Crippen LogP contribution in [0.2, 0.25) is 10.0 Å². The Balaban J connectivity index is 2.16. The average molecular weight is 301 g/mol. The van der Waals surface area contributed by atoms with E-state index in [0.717, 1.165) is 21.4 Å². The average Bonchev–Trinajstić information content (AvgIpc) is 2.65.